The number of nitrogens with one attached hydrogen (secondary N) is 1. The van der Waals surface area contributed by atoms with Gasteiger partial charge in [0.15, 0.2) is 0 Å². The first-order valence-electron chi connectivity index (χ1n) is 8.59. The molecule has 0 radical (unpaired) electrons. The average Bonchev–Trinajstić information content (AvgIpc) is 2.91. The van der Waals surface area contributed by atoms with Crippen LogP contribution < -0.4 is 10.2 Å². The van der Waals surface area contributed by atoms with Crippen LogP contribution in [0.2, 0.25) is 0 Å². The highest BCUT2D eigenvalue weighted by Gasteiger charge is 2.17. The maximum absolute atomic E-state index is 4.89. The zero-order valence-electron chi connectivity index (χ0n) is 14.0. The van der Waals surface area contributed by atoms with E-state index >= 15 is 0 Å². The van der Waals surface area contributed by atoms with Gasteiger partial charge in [-0.2, -0.15) is 0 Å². The van der Waals surface area contributed by atoms with Gasteiger partial charge in [0.1, 0.15) is 5.82 Å². The number of aromatic nitrogens is 2. The third kappa shape index (κ3) is 2.74. The topological polar surface area (TPSA) is 41.1 Å². The SMILES string of the molecule is Cc1cccc2c(-c3ccncc3)cnc(N3CCCNCC3)c12. The maximum atomic E-state index is 4.89. The fourth-order valence-electron chi connectivity index (χ4n) is 3.51. The molecule has 0 unspecified atom stereocenters. The first kappa shape index (κ1) is 15.1. The molecule has 0 aliphatic carbocycles. The van der Waals surface area contributed by atoms with E-state index in [-0.39, 0.29) is 0 Å². The summed E-state index contributed by atoms with van der Waals surface area (Å²) >= 11 is 0. The fraction of sp³-hybridized carbons (Fsp3) is 0.300. The number of hydrogen-bond acceptors (Lipinski definition) is 4. The van der Waals surface area contributed by atoms with E-state index in [0.717, 1.165) is 44.0 Å². The third-order valence-corrected chi connectivity index (χ3v) is 4.73. The number of aryl methyl sites for hydroxylation is 1. The molecule has 0 bridgehead atoms. The van der Waals surface area contributed by atoms with E-state index < -0.39 is 0 Å². The van der Waals surface area contributed by atoms with Gasteiger partial charge in [0.25, 0.3) is 0 Å². The lowest BCUT2D eigenvalue weighted by Gasteiger charge is -2.24. The van der Waals surface area contributed by atoms with Crippen molar-refractivity contribution < 1.29 is 0 Å². The first-order chi connectivity index (χ1) is 11.8. The number of anilines is 1. The molecule has 2 aromatic heterocycles. The lowest BCUT2D eigenvalue weighted by Crippen LogP contribution is -2.28. The molecule has 4 nitrogen and oxygen atoms in total. The van der Waals surface area contributed by atoms with Crippen molar-refractivity contribution in [1.29, 1.82) is 0 Å². The number of hydrogen-bond donors (Lipinski definition) is 1. The van der Waals surface area contributed by atoms with E-state index in [1.54, 1.807) is 0 Å². The minimum Gasteiger partial charge on any atom is -0.355 e. The summed E-state index contributed by atoms with van der Waals surface area (Å²) in [6.07, 6.45) is 6.85. The van der Waals surface area contributed by atoms with Gasteiger partial charge in [-0.15, -0.1) is 0 Å². The quantitative estimate of drug-likeness (QED) is 0.786. The summed E-state index contributed by atoms with van der Waals surface area (Å²) in [6, 6.07) is 10.6. The van der Waals surface area contributed by atoms with E-state index in [9.17, 15) is 0 Å². The molecular formula is C20H22N4. The second-order valence-corrected chi connectivity index (χ2v) is 6.32. The smallest absolute Gasteiger partial charge is 0.136 e. The van der Waals surface area contributed by atoms with Gasteiger partial charge < -0.3 is 10.2 Å². The highest BCUT2D eigenvalue weighted by atomic mass is 15.2. The molecule has 4 rings (SSSR count). The second kappa shape index (κ2) is 6.57. The van der Waals surface area contributed by atoms with E-state index in [1.807, 2.05) is 30.7 Å². The summed E-state index contributed by atoms with van der Waals surface area (Å²) in [5, 5.41) is 6.01. The molecule has 1 saturated heterocycles. The Labute approximate surface area is 142 Å². The van der Waals surface area contributed by atoms with Crippen molar-refractivity contribution in [3.63, 3.8) is 0 Å². The molecule has 0 atom stereocenters. The van der Waals surface area contributed by atoms with Crippen LogP contribution in [0, 0.1) is 6.92 Å². The van der Waals surface area contributed by atoms with Gasteiger partial charge >= 0.3 is 0 Å². The van der Waals surface area contributed by atoms with Crippen LogP contribution in [0.1, 0.15) is 12.0 Å². The number of pyridine rings is 2. The lowest BCUT2D eigenvalue weighted by atomic mass is 9.98. The summed E-state index contributed by atoms with van der Waals surface area (Å²) in [4.78, 5) is 11.4. The van der Waals surface area contributed by atoms with Crippen LogP contribution in [0.3, 0.4) is 0 Å². The molecule has 1 aliphatic heterocycles. The Balaban J connectivity index is 1.91. The molecule has 0 amide bonds. The Bertz CT molecular complexity index is 837. The van der Waals surface area contributed by atoms with Crippen LogP contribution in [-0.2, 0) is 0 Å². The zero-order valence-corrected chi connectivity index (χ0v) is 14.0. The van der Waals surface area contributed by atoms with Crippen molar-refractivity contribution in [1.82, 2.24) is 15.3 Å². The van der Waals surface area contributed by atoms with E-state index in [4.69, 9.17) is 4.98 Å². The zero-order chi connectivity index (χ0) is 16.4. The van der Waals surface area contributed by atoms with Crippen LogP contribution in [0.15, 0.2) is 48.9 Å². The van der Waals surface area contributed by atoms with Crippen LogP contribution in [0.4, 0.5) is 5.82 Å². The minimum absolute atomic E-state index is 1.00. The van der Waals surface area contributed by atoms with Crippen molar-refractivity contribution in [2.24, 2.45) is 0 Å². The Kier molecular flexibility index (Phi) is 4.13. The molecular weight excluding hydrogens is 296 g/mol. The van der Waals surface area contributed by atoms with Gasteiger partial charge in [-0.25, -0.2) is 4.98 Å². The fourth-order valence-corrected chi connectivity index (χ4v) is 3.51. The molecule has 3 aromatic rings. The molecule has 1 fully saturated rings. The highest BCUT2D eigenvalue weighted by Crippen LogP contribution is 2.35. The molecule has 0 saturated carbocycles. The van der Waals surface area contributed by atoms with Crippen LogP contribution in [0.25, 0.3) is 21.9 Å². The summed E-state index contributed by atoms with van der Waals surface area (Å²) in [5.74, 6) is 1.12. The first-order valence-corrected chi connectivity index (χ1v) is 8.59. The molecule has 24 heavy (non-hydrogen) atoms. The minimum atomic E-state index is 1.00. The molecule has 3 heterocycles. The second-order valence-electron chi connectivity index (χ2n) is 6.32. The molecule has 1 aromatic carbocycles. The number of benzene rings is 1. The van der Waals surface area contributed by atoms with Crippen LogP contribution >= 0.6 is 0 Å². The summed E-state index contributed by atoms with van der Waals surface area (Å²) in [5.41, 5.74) is 3.62. The number of nitrogens with zero attached hydrogens (tertiary/aromatic N) is 3. The van der Waals surface area contributed by atoms with Crippen molar-refractivity contribution >= 4 is 16.6 Å². The highest BCUT2D eigenvalue weighted by molar-refractivity contribution is 6.03. The Morgan fingerprint density at radius 2 is 1.92 bits per heavy atom. The summed E-state index contributed by atoms with van der Waals surface area (Å²) in [6.45, 7) is 6.34. The molecule has 1 N–H and O–H groups in total. The van der Waals surface area contributed by atoms with Crippen LogP contribution in [0.5, 0.6) is 0 Å². The molecule has 1 aliphatic rings. The van der Waals surface area contributed by atoms with Gasteiger partial charge in [0.05, 0.1) is 0 Å². The predicted octanol–water partition coefficient (Wildman–Crippen LogP) is 3.40. The summed E-state index contributed by atoms with van der Waals surface area (Å²) in [7, 11) is 0. The van der Waals surface area contributed by atoms with E-state index in [2.05, 4.69) is 40.3 Å². The standard InChI is InChI=1S/C20H22N4/c1-15-4-2-5-17-18(16-6-9-22-10-7-16)14-23-20(19(15)17)24-12-3-8-21-11-13-24/h2,4-7,9-10,14,21H,3,8,11-13H2,1H3. The normalized spacial score (nSPS) is 15.5. The third-order valence-electron chi connectivity index (χ3n) is 4.73. The monoisotopic (exact) mass is 318 g/mol. The van der Waals surface area contributed by atoms with Gasteiger partial charge in [-0.3, -0.25) is 4.98 Å². The molecule has 122 valence electrons. The van der Waals surface area contributed by atoms with Crippen molar-refractivity contribution in [2.45, 2.75) is 13.3 Å². The average molecular weight is 318 g/mol. The van der Waals surface area contributed by atoms with Crippen LogP contribution in [-0.4, -0.2) is 36.1 Å². The molecule has 0 spiro atoms. The van der Waals surface area contributed by atoms with Crippen molar-refractivity contribution in [3.05, 3.63) is 54.5 Å². The van der Waals surface area contributed by atoms with Gasteiger partial charge in [0.2, 0.25) is 0 Å². The number of fused-ring (bicyclic) bond motifs is 1. The van der Waals surface area contributed by atoms with Gasteiger partial charge in [0, 0.05) is 49.2 Å². The summed E-state index contributed by atoms with van der Waals surface area (Å²) < 4.78 is 0. The number of rotatable bonds is 2. The predicted molar refractivity (Wildman–Crippen MR) is 99.4 cm³/mol. The van der Waals surface area contributed by atoms with Gasteiger partial charge in [-0.1, -0.05) is 18.2 Å². The van der Waals surface area contributed by atoms with E-state index in [1.165, 1.54) is 21.9 Å². The Hall–Kier alpha value is -2.46. The Morgan fingerprint density at radius 1 is 1.04 bits per heavy atom. The van der Waals surface area contributed by atoms with Crippen molar-refractivity contribution in [3.8, 4) is 11.1 Å². The largest absolute Gasteiger partial charge is 0.355 e. The van der Waals surface area contributed by atoms with E-state index in [0.29, 0.717) is 0 Å². The Morgan fingerprint density at radius 3 is 2.79 bits per heavy atom. The lowest BCUT2D eigenvalue weighted by molar-refractivity contribution is 0.724. The maximum Gasteiger partial charge on any atom is 0.136 e. The van der Waals surface area contributed by atoms with Gasteiger partial charge in [-0.05, 0) is 48.5 Å². The molecule has 4 heteroatoms. The van der Waals surface area contributed by atoms with Crippen molar-refractivity contribution in [2.75, 3.05) is 31.1 Å².